The number of rotatable bonds is 14. The second-order valence-electron chi connectivity index (χ2n) is 8.48. The molecule has 1 N–H and O–H groups in total. The van der Waals surface area contributed by atoms with Crippen LogP contribution in [0.2, 0.25) is 5.02 Å². The topological polar surface area (TPSA) is 46.9 Å². The van der Waals surface area contributed by atoms with E-state index in [1.807, 2.05) is 18.2 Å². The molecule has 0 fully saturated rings. The van der Waals surface area contributed by atoms with Crippen molar-refractivity contribution >= 4 is 28.5 Å². The summed E-state index contributed by atoms with van der Waals surface area (Å²) in [6.07, 6.45) is 12.2. The average molecular weight is 454 g/mol. The highest BCUT2D eigenvalue weighted by molar-refractivity contribution is 6.33. The SMILES string of the molecule is CCCCCCCCCCn1c(CCCNC(=O)c2ccccc2Cl)nc2ccccc21. The zero-order valence-corrected chi connectivity index (χ0v) is 20.0. The van der Waals surface area contributed by atoms with Crippen LogP contribution in [0.3, 0.4) is 0 Å². The number of hydrogen-bond donors (Lipinski definition) is 1. The van der Waals surface area contributed by atoms with E-state index in [4.69, 9.17) is 16.6 Å². The first-order valence-electron chi connectivity index (χ1n) is 12.2. The predicted molar refractivity (Wildman–Crippen MR) is 134 cm³/mol. The van der Waals surface area contributed by atoms with Crippen LogP contribution in [0.5, 0.6) is 0 Å². The van der Waals surface area contributed by atoms with Crippen LogP contribution < -0.4 is 5.32 Å². The van der Waals surface area contributed by atoms with Gasteiger partial charge in [-0.15, -0.1) is 0 Å². The predicted octanol–water partition coefficient (Wildman–Crippen LogP) is 7.19. The molecule has 0 aliphatic rings. The molecule has 2 aromatic carbocycles. The van der Waals surface area contributed by atoms with E-state index in [2.05, 4.69) is 35.0 Å². The van der Waals surface area contributed by atoms with Crippen LogP contribution in [0.4, 0.5) is 0 Å². The van der Waals surface area contributed by atoms with Crippen LogP contribution in [-0.2, 0) is 13.0 Å². The summed E-state index contributed by atoms with van der Waals surface area (Å²) >= 11 is 6.12. The quantitative estimate of drug-likeness (QED) is 0.262. The summed E-state index contributed by atoms with van der Waals surface area (Å²) in [6, 6.07) is 15.5. The van der Waals surface area contributed by atoms with Crippen LogP contribution in [0.15, 0.2) is 48.5 Å². The van der Waals surface area contributed by atoms with Crippen LogP contribution in [0.25, 0.3) is 11.0 Å². The van der Waals surface area contributed by atoms with Crippen molar-refractivity contribution in [3.63, 3.8) is 0 Å². The maximum absolute atomic E-state index is 12.4. The van der Waals surface area contributed by atoms with Gasteiger partial charge in [-0.1, -0.05) is 87.7 Å². The van der Waals surface area contributed by atoms with E-state index in [1.54, 1.807) is 12.1 Å². The van der Waals surface area contributed by atoms with Crippen molar-refractivity contribution in [2.24, 2.45) is 0 Å². The summed E-state index contributed by atoms with van der Waals surface area (Å²) in [5, 5.41) is 3.47. The van der Waals surface area contributed by atoms with Gasteiger partial charge in [-0.05, 0) is 37.1 Å². The molecular formula is C27H36ClN3O. The largest absolute Gasteiger partial charge is 0.352 e. The standard InChI is InChI=1S/C27H36ClN3O/c1-2-3-4-5-6-7-8-13-21-31-25-18-12-11-17-24(25)30-26(31)19-14-20-29-27(32)22-15-9-10-16-23(22)28/h9-12,15-18H,2-8,13-14,19-21H2,1H3,(H,29,32). The highest BCUT2D eigenvalue weighted by atomic mass is 35.5. The molecule has 0 saturated heterocycles. The summed E-state index contributed by atoms with van der Waals surface area (Å²) in [4.78, 5) is 17.2. The third kappa shape index (κ3) is 7.09. The molecule has 172 valence electrons. The molecule has 4 nitrogen and oxygen atoms in total. The number of nitrogens with one attached hydrogen (secondary N) is 1. The maximum Gasteiger partial charge on any atom is 0.252 e. The van der Waals surface area contributed by atoms with Gasteiger partial charge in [-0.3, -0.25) is 4.79 Å². The van der Waals surface area contributed by atoms with Gasteiger partial charge < -0.3 is 9.88 Å². The van der Waals surface area contributed by atoms with Gasteiger partial charge in [0.25, 0.3) is 5.91 Å². The zero-order valence-electron chi connectivity index (χ0n) is 19.3. The molecule has 32 heavy (non-hydrogen) atoms. The molecule has 3 aromatic rings. The van der Waals surface area contributed by atoms with E-state index in [0.29, 0.717) is 17.1 Å². The van der Waals surface area contributed by atoms with Gasteiger partial charge in [0.05, 0.1) is 21.6 Å². The molecule has 1 amide bonds. The number of imidazole rings is 1. The number of aromatic nitrogens is 2. The van der Waals surface area contributed by atoms with Crippen molar-refractivity contribution in [1.29, 1.82) is 0 Å². The number of aryl methyl sites for hydroxylation is 2. The van der Waals surface area contributed by atoms with Gasteiger partial charge >= 0.3 is 0 Å². The Morgan fingerprint density at radius 2 is 1.59 bits per heavy atom. The summed E-state index contributed by atoms with van der Waals surface area (Å²) in [5.74, 6) is 0.990. The number of carbonyl (C=O) groups is 1. The minimum Gasteiger partial charge on any atom is -0.352 e. The number of unbranched alkanes of at least 4 members (excludes halogenated alkanes) is 7. The first-order chi connectivity index (χ1) is 15.7. The number of amides is 1. The fourth-order valence-corrected chi connectivity index (χ4v) is 4.38. The molecule has 0 saturated carbocycles. The Bertz CT molecular complexity index is 982. The Morgan fingerprint density at radius 3 is 2.38 bits per heavy atom. The maximum atomic E-state index is 12.4. The summed E-state index contributed by atoms with van der Waals surface area (Å²) in [7, 11) is 0. The average Bonchev–Trinajstić information content (AvgIpc) is 3.16. The van der Waals surface area contributed by atoms with Gasteiger partial charge in [0, 0.05) is 19.5 Å². The number of halogens is 1. The number of benzene rings is 2. The van der Waals surface area contributed by atoms with Gasteiger partial charge in [0.2, 0.25) is 0 Å². The molecule has 3 rings (SSSR count). The smallest absolute Gasteiger partial charge is 0.252 e. The first kappa shape index (κ1) is 24.3. The zero-order chi connectivity index (χ0) is 22.6. The number of fused-ring (bicyclic) bond motifs is 1. The molecule has 5 heteroatoms. The van der Waals surface area contributed by atoms with E-state index in [1.165, 1.54) is 56.9 Å². The molecule has 0 aliphatic heterocycles. The Hall–Kier alpha value is -2.33. The number of carbonyl (C=O) groups excluding carboxylic acids is 1. The molecule has 0 aliphatic carbocycles. The molecule has 0 bridgehead atoms. The molecule has 1 aromatic heterocycles. The Balaban J connectivity index is 1.49. The van der Waals surface area contributed by atoms with Crippen molar-refractivity contribution in [3.8, 4) is 0 Å². The second-order valence-corrected chi connectivity index (χ2v) is 8.89. The van der Waals surface area contributed by atoms with E-state index in [0.717, 1.165) is 30.7 Å². The molecule has 0 spiro atoms. The fourth-order valence-electron chi connectivity index (χ4n) is 4.16. The van der Waals surface area contributed by atoms with Crippen LogP contribution in [0, 0.1) is 0 Å². The normalized spacial score (nSPS) is 11.2. The molecule has 1 heterocycles. The Morgan fingerprint density at radius 1 is 0.906 bits per heavy atom. The van der Waals surface area contributed by atoms with E-state index < -0.39 is 0 Å². The molecular weight excluding hydrogens is 418 g/mol. The number of para-hydroxylation sites is 2. The third-order valence-corrected chi connectivity index (χ3v) is 6.28. The molecule has 0 atom stereocenters. The van der Waals surface area contributed by atoms with Crippen LogP contribution >= 0.6 is 11.6 Å². The third-order valence-electron chi connectivity index (χ3n) is 5.95. The minimum atomic E-state index is -0.122. The molecule has 0 unspecified atom stereocenters. The van der Waals surface area contributed by atoms with Gasteiger partial charge in [-0.25, -0.2) is 4.98 Å². The molecule has 0 radical (unpaired) electrons. The van der Waals surface area contributed by atoms with E-state index in [9.17, 15) is 4.79 Å². The number of hydrogen-bond acceptors (Lipinski definition) is 2. The summed E-state index contributed by atoms with van der Waals surface area (Å²) in [5.41, 5.74) is 2.80. The second kappa shape index (κ2) is 13.3. The summed E-state index contributed by atoms with van der Waals surface area (Å²) in [6.45, 7) is 3.88. The Labute approximate surface area is 197 Å². The monoisotopic (exact) mass is 453 g/mol. The summed E-state index contributed by atoms with van der Waals surface area (Å²) < 4.78 is 2.38. The van der Waals surface area contributed by atoms with Crippen molar-refractivity contribution in [2.75, 3.05) is 6.54 Å². The lowest BCUT2D eigenvalue weighted by atomic mass is 10.1. The van der Waals surface area contributed by atoms with Gasteiger partial charge in [0.15, 0.2) is 0 Å². The van der Waals surface area contributed by atoms with Crippen molar-refractivity contribution < 1.29 is 4.79 Å². The van der Waals surface area contributed by atoms with Crippen molar-refractivity contribution in [2.45, 2.75) is 77.7 Å². The minimum absolute atomic E-state index is 0.122. The highest BCUT2D eigenvalue weighted by Gasteiger charge is 2.12. The first-order valence-corrected chi connectivity index (χ1v) is 12.6. The number of nitrogens with zero attached hydrogens (tertiary/aromatic N) is 2. The van der Waals surface area contributed by atoms with Crippen molar-refractivity contribution in [1.82, 2.24) is 14.9 Å². The van der Waals surface area contributed by atoms with Crippen molar-refractivity contribution in [3.05, 3.63) is 64.9 Å². The van der Waals surface area contributed by atoms with Gasteiger partial charge in [0.1, 0.15) is 5.82 Å². The van der Waals surface area contributed by atoms with E-state index in [-0.39, 0.29) is 5.91 Å². The lowest BCUT2D eigenvalue weighted by Crippen LogP contribution is -2.25. The van der Waals surface area contributed by atoms with Crippen LogP contribution in [0.1, 0.15) is 80.9 Å². The van der Waals surface area contributed by atoms with Crippen LogP contribution in [-0.4, -0.2) is 22.0 Å². The Kier molecular flexibility index (Phi) is 10.1. The lowest BCUT2D eigenvalue weighted by Gasteiger charge is -2.10. The van der Waals surface area contributed by atoms with Gasteiger partial charge in [-0.2, -0.15) is 0 Å². The van der Waals surface area contributed by atoms with E-state index >= 15 is 0 Å². The lowest BCUT2D eigenvalue weighted by molar-refractivity contribution is 0.0953. The highest BCUT2D eigenvalue weighted by Crippen LogP contribution is 2.19. The fraction of sp³-hybridized carbons (Fsp3) is 0.481.